The SMILES string of the molecule is COCCCNCC(=O)N(Cc1ccc(F)cc1)Cc1ccc(C)s1. The lowest BCUT2D eigenvalue weighted by molar-refractivity contribution is -0.131. The van der Waals surface area contributed by atoms with E-state index in [4.69, 9.17) is 4.74 Å². The highest BCUT2D eigenvalue weighted by Gasteiger charge is 2.15. The molecule has 1 aromatic carbocycles. The Bertz CT molecular complexity index is 658. The van der Waals surface area contributed by atoms with Gasteiger partial charge in [-0.1, -0.05) is 12.1 Å². The molecule has 2 rings (SSSR count). The summed E-state index contributed by atoms with van der Waals surface area (Å²) in [6, 6.07) is 10.4. The fourth-order valence-corrected chi connectivity index (χ4v) is 3.36. The standard InChI is InChI=1S/C19H25FN2O2S/c1-15-4-9-18(25-15)14-22(13-16-5-7-17(20)8-6-16)19(23)12-21-10-3-11-24-2/h4-9,21H,3,10-14H2,1-2H3. The van der Waals surface area contributed by atoms with Gasteiger partial charge in [-0.25, -0.2) is 4.39 Å². The molecule has 0 saturated heterocycles. The molecule has 0 unspecified atom stereocenters. The van der Waals surface area contributed by atoms with Gasteiger partial charge in [0.2, 0.25) is 5.91 Å². The summed E-state index contributed by atoms with van der Waals surface area (Å²) in [5.74, 6) is -0.233. The van der Waals surface area contributed by atoms with Crippen LogP contribution in [0, 0.1) is 12.7 Å². The molecule has 25 heavy (non-hydrogen) atoms. The van der Waals surface area contributed by atoms with E-state index in [0.717, 1.165) is 23.4 Å². The highest BCUT2D eigenvalue weighted by Crippen LogP contribution is 2.18. The molecule has 1 aromatic heterocycles. The molecular weight excluding hydrogens is 339 g/mol. The molecule has 0 aliphatic carbocycles. The van der Waals surface area contributed by atoms with Gasteiger partial charge in [0.1, 0.15) is 5.82 Å². The molecule has 2 aromatic rings. The van der Waals surface area contributed by atoms with E-state index >= 15 is 0 Å². The number of hydrogen-bond acceptors (Lipinski definition) is 4. The third-order valence-electron chi connectivity index (χ3n) is 3.76. The Balaban J connectivity index is 1.97. The van der Waals surface area contributed by atoms with E-state index in [9.17, 15) is 9.18 Å². The minimum Gasteiger partial charge on any atom is -0.385 e. The molecule has 0 radical (unpaired) electrons. The van der Waals surface area contributed by atoms with Gasteiger partial charge in [-0.15, -0.1) is 11.3 Å². The number of thiophene rings is 1. The van der Waals surface area contributed by atoms with E-state index in [2.05, 4.69) is 24.4 Å². The predicted octanol–water partition coefficient (Wildman–Crippen LogP) is 3.35. The van der Waals surface area contributed by atoms with Crippen LogP contribution in [0.4, 0.5) is 4.39 Å². The molecule has 1 heterocycles. The number of hydrogen-bond donors (Lipinski definition) is 1. The average Bonchev–Trinajstić information content (AvgIpc) is 3.01. The average molecular weight is 364 g/mol. The Morgan fingerprint density at radius 3 is 2.60 bits per heavy atom. The van der Waals surface area contributed by atoms with Crippen LogP contribution in [0.1, 0.15) is 21.7 Å². The molecule has 6 heteroatoms. The second-order valence-electron chi connectivity index (χ2n) is 5.91. The van der Waals surface area contributed by atoms with Crippen LogP contribution in [0.3, 0.4) is 0 Å². The number of amides is 1. The van der Waals surface area contributed by atoms with Crippen LogP contribution in [-0.2, 0) is 22.6 Å². The minimum atomic E-state index is -0.268. The Hall–Kier alpha value is -1.76. The molecule has 4 nitrogen and oxygen atoms in total. The number of rotatable bonds is 10. The van der Waals surface area contributed by atoms with E-state index in [1.54, 1.807) is 30.6 Å². The quantitative estimate of drug-likeness (QED) is 0.658. The molecular formula is C19H25FN2O2S. The first-order chi connectivity index (χ1) is 12.1. The largest absolute Gasteiger partial charge is 0.385 e. The van der Waals surface area contributed by atoms with Crippen molar-refractivity contribution in [2.24, 2.45) is 0 Å². The number of carbonyl (C=O) groups is 1. The van der Waals surface area contributed by atoms with Crippen molar-refractivity contribution in [3.8, 4) is 0 Å². The zero-order chi connectivity index (χ0) is 18.1. The van der Waals surface area contributed by atoms with Crippen LogP contribution < -0.4 is 5.32 Å². The third kappa shape index (κ3) is 6.94. The van der Waals surface area contributed by atoms with Crippen molar-refractivity contribution in [1.29, 1.82) is 0 Å². The summed E-state index contributed by atoms with van der Waals surface area (Å²) in [7, 11) is 1.67. The summed E-state index contributed by atoms with van der Waals surface area (Å²) in [5.41, 5.74) is 0.919. The van der Waals surface area contributed by atoms with Crippen molar-refractivity contribution in [2.45, 2.75) is 26.4 Å². The number of aryl methyl sites for hydroxylation is 1. The Morgan fingerprint density at radius 1 is 1.20 bits per heavy atom. The minimum absolute atomic E-state index is 0.0350. The highest BCUT2D eigenvalue weighted by atomic mass is 32.1. The van der Waals surface area contributed by atoms with Crippen molar-refractivity contribution < 1.29 is 13.9 Å². The van der Waals surface area contributed by atoms with Gasteiger partial charge in [-0.2, -0.15) is 0 Å². The maximum Gasteiger partial charge on any atom is 0.237 e. The fourth-order valence-electron chi connectivity index (χ4n) is 2.45. The van der Waals surface area contributed by atoms with Gasteiger partial charge in [0.15, 0.2) is 0 Å². The molecule has 0 aliphatic rings. The molecule has 0 fully saturated rings. The third-order valence-corrected chi connectivity index (χ3v) is 4.75. The highest BCUT2D eigenvalue weighted by molar-refractivity contribution is 7.11. The number of methoxy groups -OCH3 is 1. The lowest BCUT2D eigenvalue weighted by Gasteiger charge is -2.22. The molecule has 0 spiro atoms. The van der Waals surface area contributed by atoms with Gasteiger partial charge >= 0.3 is 0 Å². The van der Waals surface area contributed by atoms with Crippen LogP contribution in [0.5, 0.6) is 0 Å². The van der Waals surface area contributed by atoms with Crippen molar-refractivity contribution >= 4 is 17.2 Å². The summed E-state index contributed by atoms with van der Waals surface area (Å²) in [5, 5.41) is 3.16. The molecule has 136 valence electrons. The van der Waals surface area contributed by atoms with Gasteiger partial charge < -0.3 is 15.0 Å². The number of nitrogens with one attached hydrogen (secondary N) is 1. The first kappa shape index (κ1) is 19.6. The summed E-state index contributed by atoms with van der Waals surface area (Å²) in [6.07, 6.45) is 0.867. The predicted molar refractivity (Wildman–Crippen MR) is 99.1 cm³/mol. The molecule has 0 bridgehead atoms. The number of carbonyl (C=O) groups excluding carboxylic acids is 1. The zero-order valence-electron chi connectivity index (χ0n) is 14.8. The maximum absolute atomic E-state index is 13.1. The smallest absolute Gasteiger partial charge is 0.237 e. The first-order valence-corrected chi connectivity index (χ1v) is 9.17. The van der Waals surface area contributed by atoms with Crippen LogP contribution in [-0.4, -0.2) is 37.6 Å². The van der Waals surface area contributed by atoms with Gasteiger partial charge in [0.05, 0.1) is 13.1 Å². The Morgan fingerprint density at radius 2 is 1.96 bits per heavy atom. The van der Waals surface area contributed by atoms with Gasteiger partial charge in [-0.05, 0) is 49.7 Å². The summed E-state index contributed by atoms with van der Waals surface area (Å²) in [4.78, 5) is 16.8. The molecule has 1 N–H and O–H groups in total. The van der Waals surface area contributed by atoms with Gasteiger partial charge in [0.25, 0.3) is 0 Å². The summed E-state index contributed by atoms with van der Waals surface area (Å²) in [6.45, 7) is 4.79. The van der Waals surface area contributed by atoms with E-state index in [0.29, 0.717) is 19.7 Å². The van der Waals surface area contributed by atoms with Crippen LogP contribution in [0.15, 0.2) is 36.4 Å². The topological polar surface area (TPSA) is 41.6 Å². The summed E-state index contributed by atoms with van der Waals surface area (Å²) < 4.78 is 18.1. The fraction of sp³-hybridized carbons (Fsp3) is 0.421. The van der Waals surface area contributed by atoms with E-state index in [-0.39, 0.29) is 18.3 Å². The molecule has 0 atom stereocenters. The molecule has 1 amide bonds. The number of ether oxygens (including phenoxy) is 1. The molecule has 0 saturated carbocycles. The number of halogens is 1. The van der Waals surface area contributed by atoms with Crippen molar-refractivity contribution in [2.75, 3.05) is 26.8 Å². The van der Waals surface area contributed by atoms with E-state index in [1.807, 2.05) is 4.90 Å². The first-order valence-electron chi connectivity index (χ1n) is 8.35. The number of nitrogens with zero attached hydrogens (tertiary/aromatic N) is 1. The normalized spacial score (nSPS) is 10.8. The Labute approximate surface area is 152 Å². The van der Waals surface area contributed by atoms with E-state index < -0.39 is 0 Å². The zero-order valence-corrected chi connectivity index (χ0v) is 15.6. The Kier molecular flexibility index (Phi) is 8.04. The van der Waals surface area contributed by atoms with E-state index in [1.165, 1.54) is 17.0 Å². The lowest BCUT2D eigenvalue weighted by atomic mass is 10.2. The number of benzene rings is 1. The summed E-state index contributed by atoms with van der Waals surface area (Å²) >= 11 is 1.69. The maximum atomic E-state index is 13.1. The van der Waals surface area contributed by atoms with Crippen LogP contribution in [0.25, 0.3) is 0 Å². The second kappa shape index (κ2) is 10.3. The van der Waals surface area contributed by atoms with Crippen LogP contribution in [0.2, 0.25) is 0 Å². The van der Waals surface area contributed by atoms with Gasteiger partial charge in [-0.3, -0.25) is 4.79 Å². The molecule has 0 aliphatic heterocycles. The van der Waals surface area contributed by atoms with Crippen molar-refractivity contribution in [3.05, 3.63) is 57.5 Å². The van der Waals surface area contributed by atoms with Gasteiger partial charge in [0, 0.05) is 30.0 Å². The monoisotopic (exact) mass is 364 g/mol. The van der Waals surface area contributed by atoms with Crippen molar-refractivity contribution in [1.82, 2.24) is 10.2 Å². The lowest BCUT2D eigenvalue weighted by Crippen LogP contribution is -2.37. The van der Waals surface area contributed by atoms with Crippen molar-refractivity contribution in [3.63, 3.8) is 0 Å². The second-order valence-corrected chi connectivity index (χ2v) is 7.28. The van der Waals surface area contributed by atoms with Crippen LogP contribution >= 0.6 is 11.3 Å².